The third-order valence-electron chi connectivity index (χ3n) is 6.43. The van der Waals surface area contributed by atoms with E-state index in [0.717, 1.165) is 17.1 Å². The smallest absolute Gasteiger partial charge is 0.419 e. The number of piperidine rings is 1. The number of likely N-dealkylation sites (tertiary alicyclic amines) is 1. The highest BCUT2D eigenvalue weighted by Crippen LogP contribution is 2.30. The van der Waals surface area contributed by atoms with Crippen LogP contribution in [-0.4, -0.2) is 63.8 Å². The summed E-state index contributed by atoms with van der Waals surface area (Å²) < 4.78 is 42.8. The molecular formula is C23H20ClF3N6O4. The van der Waals surface area contributed by atoms with Crippen molar-refractivity contribution in [1.29, 1.82) is 0 Å². The van der Waals surface area contributed by atoms with E-state index in [1.165, 1.54) is 26.4 Å². The fourth-order valence-corrected chi connectivity index (χ4v) is 4.71. The molecule has 0 unspecified atom stereocenters. The molecule has 1 aliphatic rings. The summed E-state index contributed by atoms with van der Waals surface area (Å²) in [5.41, 5.74) is -1.59. The molecule has 1 saturated heterocycles. The van der Waals surface area contributed by atoms with Crippen LogP contribution < -0.4 is 5.56 Å². The Balaban J connectivity index is 1.47. The molecule has 0 bridgehead atoms. The minimum atomic E-state index is -4.53. The molecule has 5 rings (SSSR count). The predicted octanol–water partition coefficient (Wildman–Crippen LogP) is 3.55. The van der Waals surface area contributed by atoms with Crippen LogP contribution in [0.3, 0.4) is 0 Å². The van der Waals surface area contributed by atoms with E-state index in [4.69, 9.17) is 16.7 Å². The maximum atomic E-state index is 13.2. The molecule has 4 heterocycles. The normalized spacial score (nSPS) is 15.9. The number of carbonyl (C=O) groups is 1. The predicted molar refractivity (Wildman–Crippen MR) is 126 cm³/mol. The topological polar surface area (TPSA) is 118 Å². The van der Waals surface area contributed by atoms with Gasteiger partial charge in [0.25, 0.3) is 5.56 Å². The molecule has 4 aromatic rings. The zero-order valence-corrected chi connectivity index (χ0v) is 19.8. The molecule has 1 amide bonds. The molecule has 37 heavy (non-hydrogen) atoms. The quantitative estimate of drug-likeness (QED) is 0.412. The Kier molecular flexibility index (Phi) is 5.99. The first-order valence-corrected chi connectivity index (χ1v) is 11.5. The third kappa shape index (κ3) is 4.67. The maximum absolute atomic E-state index is 13.2. The number of fused-ring (bicyclic) bond motifs is 1. The van der Waals surface area contributed by atoms with Crippen LogP contribution >= 0.6 is 11.6 Å². The van der Waals surface area contributed by atoms with Crippen LogP contribution in [0.4, 0.5) is 18.0 Å². The van der Waals surface area contributed by atoms with E-state index in [1.54, 1.807) is 24.3 Å². The Hall–Kier alpha value is -3.84. The summed E-state index contributed by atoms with van der Waals surface area (Å²) >= 11 is 6.45. The highest BCUT2D eigenvalue weighted by Gasteiger charge is 2.35. The molecule has 194 valence electrons. The van der Waals surface area contributed by atoms with Gasteiger partial charge in [-0.1, -0.05) is 17.7 Å². The van der Waals surface area contributed by atoms with Crippen LogP contribution in [0.15, 0.2) is 53.8 Å². The number of aliphatic hydroxyl groups is 1. The first-order valence-electron chi connectivity index (χ1n) is 11.1. The van der Waals surface area contributed by atoms with Gasteiger partial charge in [-0.15, -0.1) is 0 Å². The van der Waals surface area contributed by atoms with Crippen molar-refractivity contribution >= 4 is 28.7 Å². The number of nitrogens with zero attached hydrogens (tertiary/aromatic N) is 6. The Morgan fingerprint density at radius 3 is 2.51 bits per heavy atom. The van der Waals surface area contributed by atoms with Crippen LogP contribution in [-0.2, 0) is 12.7 Å². The SMILES string of the molecule is O=C(O)N1CCC(O)(Cn2cnc3c(cc(Cl)n3-c3cccc(-n4cc(C(F)(F)F)cn4)c3)c2=O)CC1. The molecule has 0 radical (unpaired) electrons. The average molecular weight is 537 g/mol. The van der Waals surface area contributed by atoms with Crippen molar-refractivity contribution in [3.63, 3.8) is 0 Å². The van der Waals surface area contributed by atoms with Crippen molar-refractivity contribution in [2.24, 2.45) is 0 Å². The van der Waals surface area contributed by atoms with E-state index in [0.29, 0.717) is 11.4 Å². The summed E-state index contributed by atoms with van der Waals surface area (Å²) in [6.45, 7) is 0.229. The molecule has 1 aliphatic heterocycles. The van der Waals surface area contributed by atoms with E-state index in [9.17, 15) is 27.9 Å². The summed E-state index contributed by atoms with van der Waals surface area (Å²) in [7, 11) is 0. The largest absolute Gasteiger partial charge is 0.465 e. The Labute approximate surface area is 211 Å². The molecule has 1 fully saturated rings. The second-order valence-corrected chi connectivity index (χ2v) is 9.29. The summed E-state index contributed by atoms with van der Waals surface area (Å²) in [4.78, 5) is 29.9. The van der Waals surface area contributed by atoms with Gasteiger partial charge in [0.2, 0.25) is 0 Å². The standard InChI is InChI=1S/C23H20ClF3N6O4/c24-18-9-17-19(28-13-31(20(17)34)12-22(37)4-6-30(7-5-22)21(35)36)33(18)16-3-1-2-15(8-16)32-11-14(10-29-32)23(25,26)27/h1-3,8-11,13,37H,4-7,12H2,(H,35,36). The third-order valence-corrected chi connectivity index (χ3v) is 6.71. The minimum absolute atomic E-state index is 0.0681. The lowest BCUT2D eigenvalue weighted by Crippen LogP contribution is -2.49. The zero-order valence-electron chi connectivity index (χ0n) is 19.1. The van der Waals surface area contributed by atoms with Crippen molar-refractivity contribution in [2.75, 3.05) is 13.1 Å². The van der Waals surface area contributed by atoms with Crippen molar-refractivity contribution < 1.29 is 28.2 Å². The highest BCUT2D eigenvalue weighted by atomic mass is 35.5. The van der Waals surface area contributed by atoms with E-state index >= 15 is 0 Å². The van der Waals surface area contributed by atoms with Gasteiger partial charge in [-0.3, -0.25) is 13.9 Å². The molecule has 0 aliphatic carbocycles. The average Bonchev–Trinajstić information content (AvgIpc) is 3.47. The zero-order chi connectivity index (χ0) is 26.5. The first kappa shape index (κ1) is 24.8. The van der Waals surface area contributed by atoms with Gasteiger partial charge in [0, 0.05) is 19.3 Å². The van der Waals surface area contributed by atoms with Crippen LogP contribution in [0.1, 0.15) is 18.4 Å². The number of hydrogen-bond acceptors (Lipinski definition) is 5. The lowest BCUT2D eigenvalue weighted by molar-refractivity contribution is -0.137. The lowest BCUT2D eigenvalue weighted by Gasteiger charge is -2.37. The Bertz CT molecular complexity index is 1550. The van der Waals surface area contributed by atoms with E-state index in [-0.39, 0.29) is 48.7 Å². The summed E-state index contributed by atoms with van der Waals surface area (Å²) in [6, 6.07) is 7.84. The molecule has 14 heteroatoms. The van der Waals surface area contributed by atoms with Crippen molar-refractivity contribution in [1.82, 2.24) is 28.8 Å². The molecule has 0 saturated carbocycles. The Morgan fingerprint density at radius 1 is 1.16 bits per heavy atom. The molecule has 1 aromatic carbocycles. The summed E-state index contributed by atoms with van der Waals surface area (Å²) in [5.74, 6) is 0. The lowest BCUT2D eigenvalue weighted by atomic mass is 9.91. The number of benzene rings is 1. The summed E-state index contributed by atoms with van der Waals surface area (Å²) in [6.07, 6.45) is -2.36. The number of hydrogen-bond donors (Lipinski definition) is 2. The van der Waals surface area contributed by atoms with Crippen molar-refractivity contribution in [3.8, 4) is 11.4 Å². The fourth-order valence-electron chi connectivity index (χ4n) is 4.42. The molecule has 10 nitrogen and oxygen atoms in total. The highest BCUT2D eigenvalue weighted by molar-refractivity contribution is 6.31. The van der Waals surface area contributed by atoms with E-state index < -0.39 is 29.0 Å². The monoisotopic (exact) mass is 536 g/mol. The van der Waals surface area contributed by atoms with Crippen LogP contribution in [0.25, 0.3) is 22.4 Å². The second-order valence-electron chi connectivity index (χ2n) is 8.90. The number of halogens is 4. The van der Waals surface area contributed by atoms with Gasteiger partial charge in [0.1, 0.15) is 11.5 Å². The van der Waals surface area contributed by atoms with E-state index in [2.05, 4.69) is 10.1 Å². The number of rotatable bonds is 4. The first-order chi connectivity index (χ1) is 17.4. The van der Waals surface area contributed by atoms with Crippen LogP contribution in [0, 0.1) is 0 Å². The Morgan fingerprint density at radius 2 is 1.86 bits per heavy atom. The molecule has 3 aromatic heterocycles. The number of aromatic nitrogens is 5. The van der Waals surface area contributed by atoms with Gasteiger partial charge in [-0.05, 0) is 37.1 Å². The number of carboxylic acid groups (broad SMARTS) is 1. The number of amides is 1. The van der Waals surface area contributed by atoms with E-state index in [1.807, 2.05) is 0 Å². The van der Waals surface area contributed by atoms with Crippen molar-refractivity contribution in [3.05, 3.63) is 70.1 Å². The summed E-state index contributed by atoms with van der Waals surface area (Å²) in [5, 5.41) is 24.2. The van der Waals surface area contributed by atoms with Gasteiger partial charge in [0.05, 0.1) is 40.7 Å². The van der Waals surface area contributed by atoms with Gasteiger partial charge in [0.15, 0.2) is 5.65 Å². The van der Waals surface area contributed by atoms with Crippen LogP contribution in [0.5, 0.6) is 0 Å². The fraction of sp³-hybridized carbons (Fsp3) is 0.304. The van der Waals surface area contributed by atoms with Crippen molar-refractivity contribution in [2.45, 2.75) is 31.2 Å². The molecule has 0 spiro atoms. The van der Waals surface area contributed by atoms with Gasteiger partial charge in [-0.2, -0.15) is 18.3 Å². The van der Waals surface area contributed by atoms with Gasteiger partial charge in [-0.25, -0.2) is 14.5 Å². The molecular weight excluding hydrogens is 517 g/mol. The minimum Gasteiger partial charge on any atom is -0.465 e. The maximum Gasteiger partial charge on any atom is 0.419 e. The van der Waals surface area contributed by atoms with Gasteiger partial charge < -0.3 is 15.1 Å². The molecule has 2 N–H and O–H groups in total. The second kappa shape index (κ2) is 8.92. The van der Waals surface area contributed by atoms with Crippen LogP contribution in [0.2, 0.25) is 5.15 Å². The van der Waals surface area contributed by atoms with Gasteiger partial charge >= 0.3 is 12.3 Å². The number of alkyl halides is 3. The molecule has 0 atom stereocenters.